The molecule has 6 heteroatoms. The normalized spacial score (nSPS) is 16.8. The van der Waals surface area contributed by atoms with Gasteiger partial charge in [0.25, 0.3) is 11.8 Å². The van der Waals surface area contributed by atoms with Gasteiger partial charge in [0.1, 0.15) is 5.03 Å². The fourth-order valence-electron chi connectivity index (χ4n) is 3.61. The first kappa shape index (κ1) is 17.1. The summed E-state index contributed by atoms with van der Waals surface area (Å²) in [4.78, 5) is 32.5. The van der Waals surface area contributed by atoms with E-state index in [4.69, 9.17) is 0 Å². The van der Waals surface area contributed by atoms with Crippen molar-refractivity contribution in [3.63, 3.8) is 0 Å². The highest BCUT2D eigenvalue weighted by atomic mass is 32.2. The minimum atomic E-state index is -0.0509. The minimum absolute atomic E-state index is 0.0415. The summed E-state index contributed by atoms with van der Waals surface area (Å²) in [5.74, 6) is -0.0924. The Labute approximate surface area is 157 Å². The van der Waals surface area contributed by atoms with Crippen LogP contribution in [0, 0.1) is 0 Å². The number of nitrogens with zero attached hydrogens (tertiary/aromatic N) is 2. The zero-order valence-corrected chi connectivity index (χ0v) is 15.5. The number of fused-ring (bicyclic) bond motifs is 2. The smallest absolute Gasteiger partial charge is 0.261 e. The molecule has 0 saturated heterocycles. The summed E-state index contributed by atoms with van der Waals surface area (Å²) in [6.07, 6.45) is 6.17. The van der Waals surface area contributed by atoms with Crippen LogP contribution in [0.25, 0.3) is 0 Å². The maximum absolute atomic E-state index is 12.9. The molecule has 4 rings (SSSR count). The highest BCUT2D eigenvalue weighted by Crippen LogP contribution is 2.40. The molecule has 2 heterocycles. The van der Waals surface area contributed by atoms with Crippen LogP contribution in [-0.2, 0) is 0 Å². The molecule has 2 amide bonds. The minimum Gasteiger partial charge on any atom is -0.349 e. The summed E-state index contributed by atoms with van der Waals surface area (Å²) in [5, 5.41) is 3.81. The molecule has 1 aromatic heterocycles. The monoisotopic (exact) mass is 367 g/mol. The van der Waals surface area contributed by atoms with E-state index >= 15 is 0 Å². The highest BCUT2D eigenvalue weighted by molar-refractivity contribution is 7.99. The van der Waals surface area contributed by atoms with Crippen molar-refractivity contribution < 1.29 is 9.59 Å². The molecular formula is C20H21N3O2S. The van der Waals surface area contributed by atoms with Crippen molar-refractivity contribution in [1.29, 1.82) is 0 Å². The fourth-order valence-corrected chi connectivity index (χ4v) is 4.66. The highest BCUT2D eigenvalue weighted by Gasteiger charge is 2.28. The van der Waals surface area contributed by atoms with Crippen molar-refractivity contribution in [1.82, 2.24) is 10.3 Å². The van der Waals surface area contributed by atoms with Crippen LogP contribution >= 0.6 is 11.8 Å². The molecule has 5 nitrogen and oxygen atoms in total. The van der Waals surface area contributed by atoms with Crippen molar-refractivity contribution >= 4 is 29.3 Å². The van der Waals surface area contributed by atoms with Gasteiger partial charge in [-0.25, -0.2) is 4.98 Å². The number of amides is 2. The number of carbonyl (C=O) groups excluding carboxylic acids is 2. The van der Waals surface area contributed by atoms with Crippen molar-refractivity contribution in [2.45, 2.75) is 48.6 Å². The Hall–Kier alpha value is -2.34. The van der Waals surface area contributed by atoms with Gasteiger partial charge < -0.3 is 10.2 Å². The molecule has 0 radical (unpaired) electrons. The number of nitrogens with one attached hydrogen (secondary N) is 1. The molecule has 0 unspecified atom stereocenters. The molecule has 134 valence electrons. The number of hydrogen-bond donors (Lipinski definition) is 1. The molecule has 26 heavy (non-hydrogen) atoms. The van der Waals surface area contributed by atoms with E-state index in [9.17, 15) is 9.59 Å². The average Bonchev–Trinajstić information content (AvgIpc) is 3.12. The first-order valence-corrected chi connectivity index (χ1v) is 9.88. The van der Waals surface area contributed by atoms with Gasteiger partial charge in [-0.3, -0.25) is 9.59 Å². The molecule has 1 N–H and O–H groups in total. The van der Waals surface area contributed by atoms with Crippen LogP contribution in [0.15, 0.2) is 46.5 Å². The Morgan fingerprint density at radius 2 is 2.12 bits per heavy atom. The van der Waals surface area contributed by atoms with Gasteiger partial charge in [0.05, 0.1) is 11.3 Å². The van der Waals surface area contributed by atoms with E-state index in [0.717, 1.165) is 23.4 Å². The Morgan fingerprint density at radius 3 is 2.88 bits per heavy atom. The number of benzene rings is 1. The lowest BCUT2D eigenvalue weighted by Gasteiger charge is -2.21. The van der Waals surface area contributed by atoms with Gasteiger partial charge in [-0.15, -0.1) is 0 Å². The SMILES string of the molecule is CCN1C(=O)c2cccnc2Sc2cc(C(=O)NC3CCCC3)ccc21. The number of anilines is 1. The van der Waals surface area contributed by atoms with Gasteiger partial charge in [0.2, 0.25) is 0 Å². The number of carbonyl (C=O) groups is 2. The number of hydrogen-bond acceptors (Lipinski definition) is 4. The van der Waals surface area contributed by atoms with Crippen molar-refractivity contribution in [3.05, 3.63) is 47.7 Å². The summed E-state index contributed by atoms with van der Waals surface area (Å²) >= 11 is 1.45. The maximum Gasteiger partial charge on any atom is 0.261 e. The lowest BCUT2D eigenvalue weighted by Crippen LogP contribution is -2.33. The van der Waals surface area contributed by atoms with Crippen LogP contribution in [0.2, 0.25) is 0 Å². The van der Waals surface area contributed by atoms with E-state index in [1.165, 1.54) is 24.6 Å². The van der Waals surface area contributed by atoms with Crippen molar-refractivity contribution in [2.75, 3.05) is 11.4 Å². The van der Waals surface area contributed by atoms with Gasteiger partial charge in [-0.2, -0.15) is 0 Å². The standard InChI is InChI=1S/C20H21N3O2S/c1-2-23-16-10-9-13(18(24)22-14-6-3-4-7-14)12-17(16)26-19-15(20(23)25)8-5-11-21-19/h5,8-12,14H,2-4,6-7H2,1H3,(H,22,24). The Balaban J connectivity index is 1.69. The van der Waals surface area contributed by atoms with Gasteiger partial charge in [-0.1, -0.05) is 24.6 Å². The molecule has 0 bridgehead atoms. The summed E-state index contributed by atoms with van der Waals surface area (Å²) in [5.41, 5.74) is 2.07. The van der Waals surface area contributed by atoms with Gasteiger partial charge in [-0.05, 0) is 50.1 Å². The second-order valence-electron chi connectivity index (χ2n) is 6.64. The Kier molecular flexibility index (Phi) is 4.68. The van der Waals surface area contributed by atoms with E-state index in [1.54, 1.807) is 23.2 Å². The predicted octanol–water partition coefficient (Wildman–Crippen LogP) is 3.89. The van der Waals surface area contributed by atoms with Gasteiger partial charge >= 0.3 is 0 Å². The molecular weight excluding hydrogens is 346 g/mol. The molecule has 1 saturated carbocycles. The van der Waals surface area contributed by atoms with E-state index in [0.29, 0.717) is 22.7 Å². The number of rotatable bonds is 3. The summed E-state index contributed by atoms with van der Waals surface area (Å²) in [7, 11) is 0. The molecule has 1 aromatic carbocycles. The molecule has 0 atom stereocenters. The first-order valence-electron chi connectivity index (χ1n) is 9.07. The lowest BCUT2D eigenvalue weighted by molar-refractivity contribution is 0.0937. The van der Waals surface area contributed by atoms with E-state index < -0.39 is 0 Å². The third kappa shape index (κ3) is 3.09. The quantitative estimate of drug-likeness (QED) is 0.894. The van der Waals surface area contributed by atoms with Crippen molar-refractivity contribution in [3.8, 4) is 0 Å². The summed E-state index contributed by atoms with van der Waals surface area (Å²) in [6.45, 7) is 2.52. The van der Waals surface area contributed by atoms with Gasteiger partial charge in [0, 0.05) is 29.2 Å². The number of aromatic nitrogens is 1. The zero-order valence-electron chi connectivity index (χ0n) is 14.7. The first-order chi connectivity index (χ1) is 12.7. The number of pyridine rings is 1. The average molecular weight is 367 g/mol. The van der Waals surface area contributed by atoms with E-state index in [1.807, 2.05) is 25.1 Å². The van der Waals surface area contributed by atoms with Crippen LogP contribution in [0.1, 0.15) is 53.3 Å². The zero-order chi connectivity index (χ0) is 18.1. The predicted molar refractivity (Wildman–Crippen MR) is 102 cm³/mol. The third-order valence-corrected chi connectivity index (χ3v) is 6.04. The molecule has 1 aliphatic heterocycles. The second-order valence-corrected chi connectivity index (χ2v) is 7.68. The van der Waals surface area contributed by atoms with Crippen LogP contribution < -0.4 is 10.2 Å². The third-order valence-electron chi connectivity index (χ3n) is 4.97. The Bertz CT molecular complexity index is 862. The van der Waals surface area contributed by atoms with Crippen LogP contribution in [-0.4, -0.2) is 29.4 Å². The summed E-state index contributed by atoms with van der Waals surface area (Å²) in [6, 6.07) is 9.43. The van der Waals surface area contributed by atoms with Gasteiger partial charge in [0.15, 0.2) is 0 Å². The maximum atomic E-state index is 12.9. The van der Waals surface area contributed by atoms with Crippen molar-refractivity contribution in [2.24, 2.45) is 0 Å². The molecule has 1 fully saturated rings. The lowest BCUT2D eigenvalue weighted by atomic mass is 10.1. The fraction of sp³-hybridized carbons (Fsp3) is 0.350. The largest absolute Gasteiger partial charge is 0.349 e. The second kappa shape index (κ2) is 7.11. The van der Waals surface area contributed by atoms with Crippen LogP contribution in [0.3, 0.4) is 0 Å². The van der Waals surface area contributed by atoms with E-state index in [-0.39, 0.29) is 17.9 Å². The van der Waals surface area contributed by atoms with Crippen LogP contribution in [0.4, 0.5) is 5.69 Å². The topological polar surface area (TPSA) is 62.3 Å². The molecule has 0 spiro atoms. The van der Waals surface area contributed by atoms with E-state index in [2.05, 4.69) is 10.3 Å². The molecule has 1 aliphatic carbocycles. The summed E-state index contributed by atoms with van der Waals surface area (Å²) < 4.78 is 0. The molecule has 2 aliphatic rings. The Morgan fingerprint density at radius 1 is 1.31 bits per heavy atom. The van der Waals surface area contributed by atoms with Crippen LogP contribution in [0.5, 0.6) is 0 Å². The molecule has 2 aromatic rings.